The van der Waals surface area contributed by atoms with E-state index in [1.54, 1.807) is 0 Å². The van der Waals surface area contributed by atoms with E-state index >= 15 is 0 Å². The van der Waals surface area contributed by atoms with E-state index in [4.69, 9.17) is 10.5 Å². The zero-order valence-electron chi connectivity index (χ0n) is 11.6. The molecule has 1 atom stereocenters. The molecule has 1 aliphatic heterocycles. The van der Waals surface area contributed by atoms with Crippen LogP contribution < -0.4 is 11.3 Å². The summed E-state index contributed by atoms with van der Waals surface area (Å²) in [6, 6.07) is 0. The van der Waals surface area contributed by atoms with Crippen molar-refractivity contribution in [2.24, 2.45) is 0 Å². The summed E-state index contributed by atoms with van der Waals surface area (Å²) in [7, 11) is 0. The molecule has 0 spiro atoms. The second-order valence-corrected chi connectivity index (χ2v) is 4.82. The Bertz CT molecular complexity index is 486. The molecule has 0 aromatic carbocycles. The van der Waals surface area contributed by atoms with Crippen molar-refractivity contribution < 1.29 is 4.74 Å². The number of rotatable bonds is 4. The maximum atomic E-state index is 12.0. The molecule has 2 heterocycles. The van der Waals surface area contributed by atoms with Crippen LogP contribution in [0.3, 0.4) is 0 Å². The zero-order chi connectivity index (χ0) is 13.8. The molecule has 1 fully saturated rings. The van der Waals surface area contributed by atoms with E-state index in [1.165, 1.54) is 0 Å². The number of aromatic amines is 1. The van der Waals surface area contributed by atoms with E-state index in [9.17, 15) is 4.79 Å². The van der Waals surface area contributed by atoms with Gasteiger partial charge in [-0.05, 0) is 13.0 Å². The van der Waals surface area contributed by atoms with Crippen LogP contribution in [0.4, 0.5) is 5.82 Å². The Balaban J connectivity index is 2.23. The minimum absolute atomic E-state index is 0.137. The Morgan fingerprint density at radius 3 is 2.95 bits per heavy atom. The van der Waals surface area contributed by atoms with Crippen LogP contribution >= 0.6 is 0 Å². The van der Waals surface area contributed by atoms with Crippen molar-refractivity contribution in [3.8, 4) is 0 Å². The Kier molecular flexibility index (Phi) is 4.55. The fourth-order valence-corrected chi connectivity index (χ4v) is 2.33. The number of ether oxygens (including phenoxy) is 1. The van der Waals surface area contributed by atoms with E-state index < -0.39 is 0 Å². The molecule has 1 aromatic rings. The molecule has 6 nitrogen and oxygen atoms in total. The molecule has 2 rings (SSSR count). The predicted octanol–water partition coefficient (Wildman–Crippen LogP) is 0.698. The molecule has 19 heavy (non-hydrogen) atoms. The van der Waals surface area contributed by atoms with Crippen LogP contribution in [-0.4, -0.2) is 41.1 Å². The fourth-order valence-electron chi connectivity index (χ4n) is 2.33. The number of morpholine rings is 1. The molecular weight excluding hydrogens is 244 g/mol. The van der Waals surface area contributed by atoms with Gasteiger partial charge in [-0.15, -0.1) is 0 Å². The van der Waals surface area contributed by atoms with Crippen LogP contribution in [0.1, 0.15) is 37.8 Å². The fraction of sp³-hybridized carbons (Fsp3) is 0.692. The minimum atomic E-state index is -0.195. The average molecular weight is 266 g/mol. The monoisotopic (exact) mass is 266 g/mol. The highest BCUT2D eigenvalue weighted by atomic mass is 16.5. The summed E-state index contributed by atoms with van der Waals surface area (Å²) in [5.41, 5.74) is 6.32. The van der Waals surface area contributed by atoms with Gasteiger partial charge in [0.05, 0.1) is 12.2 Å². The van der Waals surface area contributed by atoms with Gasteiger partial charge in [0.15, 0.2) is 0 Å². The Morgan fingerprint density at radius 2 is 2.32 bits per heavy atom. The van der Waals surface area contributed by atoms with Gasteiger partial charge in [-0.3, -0.25) is 9.69 Å². The van der Waals surface area contributed by atoms with Crippen LogP contribution in [0.5, 0.6) is 0 Å². The molecule has 3 N–H and O–H groups in total. The molecule has 0 amide bonds. The van der Waals surface area contributed by atoms with Crippen LogP contribution in [0.15, 0.2) is 4.79 Å². The summed E-state index contributed by atoms with van der Waals surface area (Å²) >= 11 is 0. The molecule has 0 saturated carbocycles. The lowest BCUT2D eigenvalue weighted by Gasteiger charge is -2.31. The Labute approximate surface area is 113 Å². The Hall–Kier alpha value is -1.40. The number of nitrogens with zero attached hydrogens (tertiary/aromatic N) is 2. The third kappa shape index (κ3) is 3.13. The lowest BCUT2D eigenvalue weighted by molar-refractivity contribution is -0.0326. The topological polar surface area (TPSA) is 84.2 Å². The zero-order valence-corrected chi connectivity index (χ0v) is 11.6. The summed E-state index contributed by atoms with van der Waals surface area (Å²) < 4.78 is 5.68. The number of nitrogens with one attached hydrogen (secondary N) is 1. The second-order valence-electron chi connectivity index (χ2n) is 4.82. The van der Waals surface area contributed by atoms with Crippen LogP contribution in [0, 0.1) is 0 Å². The van der Waals surface area contributed by atoms with Gasteiger partial charge in [-0.25, -0.2) is 4.98 Å². The lowest BCUT2D eigenvalue weighted by atomic mass is 10.1. The predicted molar refractivity (Wildman–Crippen MR) is 74.1 cm³/mol. The summed E-state index contributed by atoms with van der Waals surface area (Å²) in [5.74, 6) is 0.873. The highest BCUT2D eigenvalue weighted by Crippen LogP contribution is 2.19. The number of H-pyrrole nitrogens is 1. The highest BCUT2D eigenvalue weighted by Gasteiger charge is 2.24. The van der Waals surface area contributed by atoms with Crippen molar-refractivity contribution in [2.75, 3.05) is 32.0 Å². The van der Waals surface area contributed by atoms with E-state index in [1.807, 2.05) is 6.92 Å². The number of hydrogen-bond donors (Lipinski definition) is 2. The van der Waals surface area contributed by atoms with Gasteiger partial charge in [0.2, 0.25) is 0 Å². The van der Waals surface area contributed by atoms with Gasteiger partial charge in [-0.1, -0.05) is 20.3 Å². The number of anilines is 1. The lowest BCUT2D eigenvalue weighted by Crippen LogP contribution is -2.39. The summed E-state index contributed by atoms with van der Waals surface area (Å²) in [6.45, 7) is 7.40. The molecule has 0 radical (unpaired) electrons. The first-order chi connectivity index (χ1) is 9.15. The first kappa shape index (κ1) is 14.0. The summed E-state index contributed by atoms with van der Waals surface area (Å²) in [4.78, 5) is 21.4. The normalized spacial score (nSPS) is 20.6. The van der Waals surface area contributed by atoms with Gasteiger partial charge < -0.3 is 15.5 Å². The quantitative estimate of drug-likeness (QED) is 0.838. The van der Waals surface area contributed by atoms with Crippen molar-refractivity contribution in [3.63, 3.8) is 0 Å². The van der Waals surface area contributed by atoms with Gasteiger partial charge in [0.25, 0.3) is 5.56 Å². The smallest absolute Gasteiger partial charge is 0.256 e. The van der Waals surface area contributed by atoms with E-state index in [0.29, 0.717) is 30.2 Å². The average Bonchev–Trinajstić information content (AvgIpc) is 2.42. The van der Waals surface area contributed by atoms with Gasteiger partial charge in [-0.2, -0.15) is 0 Å². The van der Waals surface area contributed by atoms with Crippen molar-refractivity contribution in [1.82, 2.24) is 14.9 Å². The van der Waals surface area contributed by atoms with E-state index in [2.05, 4.69) is 21.8 Å². The Morgan fingerprint density at radius 1 is 1.53 bits per heavy atom. The maximum Gasteiger partial charge on any atom is 0.256 e. The molecule has 0 bridgehead atoms. The minimum Gasteiger partial charge on any atom is -0.383 e. The molecule has 1 unspecified atom stereocenters. The second kappa shape index (κ2) is 6.16. The van der Waals surface area contributed by atoms with Gasteiger partial charge in [0, 0.05) is 13.1 Å². The van der Waals surface area contributed by atoms with Crippen molar-refractivity contribution in [2.45, 2.75) is 32.8 Å². The van der Waals surface area contributed by atoms with Crippen LogP contribution in [-0.2, 0) is 11.2 Å². The first-order valence-corrected chi connectivity index (χ1v) is 6.88. The third-order valence-electron chi connectivity index (χ3n) is 3.47. The number of hydrogen-bond acceptors (Lipinski definition) is 5. The SMILES string of the molecule is CCCc1c(N)nc(C2CN(CC)CCO2)[nH]c1=O. The number of nitrogens with two attached hydrogens (primary N) is 1. The largest absolute Gasteiger partial charge is 0.383 e. The number of nitrogen functional groups attached to an aromatic ring is 1. The third-order valence-corrected chi connectivity index (χ3v) is 3.47. The molecule has 1 saturated heterocycles. The molecule has 106 valence electrons. The molecule has 6 heteroatoms. The van der Waals surface area contributed by atoms with E-state index in [0.717, 1.165) is 26.1 Å². The van der Waals surface area contributed by atoms with Crippen LogP contribution in [0.25, 0.3) is 0 Å². The summed E-state index contributed by atoms with van der Waals surface area (Å²) in [6.07, 6.45) is 1.33. The molecular formula is C13H22N4O2. The van der Waals surface area contributed by atoms with Gasteiger partial charge >= 0.3 is 0 Å². The maximum absolute atomic E-state index is 12.0. The summed E-state index contributed by atoms with van der Waals surface area (Å²) in [5, 5.41) is 0. The van der Waals surface area contributed by atoms with Crippen molar-refractivity contribution >= 4 is 5.82 Å². The number of likely N-dealkylation sites (N-methyl/N-ethyl adjacent to an activating group) is 1. The number of aromatic nitrogens is 2. The first-order valence-electron chi connectivity index (χ1n) is 6.88. The van der Waals surface area contributed by atoms with E-state index in [-0.39, 0.29) is 11.7 Å². The highest BCUT2D eigenvalue weighted by molar-refractivity contribution is 5.37. The molecule has 1 aliphatic rings. The van der Waals surface area contributed by atoms with Crippen molar-refractivity contribution in [3.05, 3.63) is 21.7 Å². The molecule has 1 aromatic heterocycles. The van der Waals surface area contributed by atoms with Crippen molar-refractivity contribution in [1.29, 1.82) is 0 Å². The van der Waals surface area contributed by atoms with Crippen LogP contribution in [0.2, 0.25) is 0 Å². The standard InChI is InChI=1S/C13H22N4O2/c1-3-5-9-11(14)15-12(16-13(9)18)10-8-17(4-2)6-7-19-10/h10H,3-8H2,1-2H3,(H3,14,15,16,18). The molecule has 0 aliphatic carbocycles. The van der Waals surface area contributed by atoms with Gasteiger partial charge in [0.1, 0.15) is 17.7 Å².